The van der Waals surface area contributed by atoms with Gasteiger partial charge in [-0.3, -0.25) is 4.79 Å². The van der Waals surface area contributed by atoms with Gasteiger partial charge in [0.25, 0.3) is 5.91 Å². The summed E-state index contributed by atoms with van der Waals surface area (Å²) in [5.41, 5.74) is 1.14. The van der Waals surface area contributed by atoms with Crippen molar-refractivity contribution >= 4 is 37.8 Å². The van der Waals surface area contributed by atoms with Gasteiger partial charge in [-0.25, -0.2) is 0 Å². The van der Waals surface area contributed by atoms with E-state index < -0.39 is 6.10 Å². The van der Waals surface area contributed by atoms with Gasteiger partial charge in [-0.15, -0.1) is 0 Å². The highest BCUT2D eigenvalue weighted by Crippen LogP contribution is 2.36. The molecular formula is C14H18Br2N2O2. The molecule has 20 heavy (non-hydrogen) atoms. The lowest BCUT2D eigenvalue weighted by atomic mass is 10.1. The van der Waals surface area contributed by atoms with E-state index in [0.29, 0.717) is 5.75 Å². The van der Waals surface area contributed by atoms with E-state index in [2.05, 4.69) is 42.5 Å². The number of carbonyl (C=O) groups is 1. The quantitative estimate of drug-likeness (QED) is 0.809. The summed E-state index contributed by atoms with van der Waals surface area (Å²) in [5, 5.41) is 5.99. The van der Waals surface area contributed by atoms with E-state index in [1.165, 1.54) is 0 Å². The number of hydrogen-bond donors (Lipinski definition) is 2. The highest BCUT2D eigenvalue weighted by Gasteiger charge is 2.24. The lowest BCUT2D eigenvalue weighted by molar-refractivity contribution is -0.127. The molecule has 1 amide bonds. The maximum Gasteiger partial charge on any atom is 0.261 e. The van der Waals surface area contributed by atoms with Gasteiger partial charge in [0.05, 0.1) is 8.95 Å². The van der Waals surface area contributed by atoms with E-state index >= 15 is 0 Å². The van der Waals surface area contributed by atoms with Crippen molar-refractivity contribution in [1.29, 1.82) is 0 Å². The van der Waals surface area contributed by atoms with Crippen LogP contribution in [0, 0.1) is 0 Å². The monoisotopic (exact) mass is 404 g/mol. The molecule has 0 spiro atoms. The summed E-state index contributed by atoms with van der Waals surface area (Å²) in [7, 11) is 1.90. The summed E-state index contributed by atoms with van der Waals surface area (Å²) in [6.45, 7) is 1.52. The van der Waals surface area contributed by atoms with Crippen molar-refractivity contribution < 1.29 is 9.53 Å². The van der Waals surface area contributed by atoms with Crippen molar-refractivity contribution in [3.63, 3.8) is 0 Å². The topological polar surface area (TPSA) is 50.4 Å². The first kappa shape index (κ1) is 15.8. The minimum atomic E-state index is -0.416. The summed E-state index contributed by atoms with van der Waals surface area (Å²) in [5.74, 6) is 0.660. The molecule has 2 rings (SSSR count). The molecule has 1 heterocycles. The van der Waals surface area contributed by atoms with Crippen LogP contribution in [0.4, 0.5) is 0 Å². The number of carbonyl (C=O) groups excluding carboxylic acids is 1. The Balaban J connectivity index is 2.17. The molecule has 1 saturated heterocycles. The molecule has 1 fully saturated rings. The second-order valence-corrected chi connectivity index (χ2v) is 6.52. The van der Waals surface area contributed by atoms with Crippen LogP contribution < -0.4 is 15.4 Å². The summed E-state index contributed by atoms with van der Waals surface area (Å²) in [4.78, 5) is 11.9. The molecule has 0 radical (unpaired) electrons. The van der Waals surface area contributed by atoms with Gasteiger partial charge in [0.2, 0.25) is 0 Å². The standard InChI is InChI=1S/C14H18Br2N2O2/c1-17-8-9-6-10(15)13(11(16)7-9)20-12-4-2-3-5-18-14(12)19/h6-7,12,17H,2-5,8H2,1H3,(H,18,19). The average Bonchev–Trinajstić information content (AvgIpc) is 2.59. The summed E-state index contributed by atoms with van der Waals surface area (Å²) in [6, 6.07) is 4.01. The van der Waals surface area contributed by atoms with E-state index in [1.54, 1.807) is 0 Å². The van der Waals surface area contributed by atoms with E-state index in [-0.39, 0.29) is 5.91 Å². The average molecular weight is 406 g/mol. The Morgan fingerprint density at radius 1 is 1.35 bits per heavy atom. The van der Waals surface area contributed by atoms with Crippen LogP contribution in [0.3, 0.4) is 0 Å². The highest BCUT2D eigenvalue weighted by atomic mass is 79.9. The molecule has 1 aromatic rings. The molecule has 2 N–H and O–H groups in total. The Kier molecular flexibility index (Phi) is 5.86. The zero-order valence-corrected chi connectivity index (χ0v) is 14.5. The van der Waals surface area contributed by atoms with Gasteiger partial charge in [0.1, 0.15) is 5.75 Å². The number of halogens is 2. The van der Waals surface area contributed by atoms with Gasteiger partial charge in [-0.05, 0) is 75.9 Å². The third-order valence-electron chi connectivity index (χ3n) is 3.18. The molecule has 1 unspecified atom stereocenters. The molecule has 0 aliphatic carbocycles. The molecule has 0 saturated carbocycles. The van der Waals surface area contributed by atoms with Gasteiger partial charge in [0.15, 0.2) is 6.10 Å². The van der Waals surface area contributed by atoms with Crippen molar-refractivity contribution in [2.45, 2.75) is 31.9 Å². The van der Waals surface area contributed by atoms with Crippen molar-refractivity contribution in [3.8, 4) is 5.75 Å². The van der Waals surface area contributed by atoms with Crippen LogP contribution in [0.1, 0.15) is 24.8 Å². The minimum Gasteiger partial charge on any atom is -0.478 e. The third-order valence-corrected chi connectivity index (χ3v) is 4.36. The lowest BCUT2D eigenvalue weighted by Gasteiger charge is -2.18. The Morgan fingerprint density at radius 2 is 2.05 bits per heavy atom. The molecule has 1 aliphatic heterocycles. The summed E-state index contributed by atoms with van der Waals surface area (Å²) in [6.07, 6.45) is 2.34. The summed E-state index contributed by atoms with van der Waals surface area (Å²) < 4.78 is 7.63. The molecule has 0 bridgehead atoms. The van der Waals surface area contributed by atoms with E-state index in [1.807, 2.05) is 19.2 Å². The first-order valence-corrected chi connectivity index (χ1v) is 8.27. The zero-order chi connectivity index (χ0) is 14.5. The predicted molar refractivity (Wildman–Crippen MR) is 85.9 cm³/mol. The zero-order valence-electron chi connectivity index (χ0n) is 11.3. The number of amides is 1. The van der Waals surface area contributed by atoms with Crippen LogP contribution >= 0.6 is 31.9 Å². The SMILES string of the molecule is CNCc1cc(Br)c(OC2CCCCNC2=O)c(Br)c1. The number of hydrogen-bond acceptors (Lipinski definition) is 3. The van der Waals surface area contributed by atoms with Crippen LogP contribution in [0.5, 0.6) is 5.75 Å². The number of nitrogens with one attached hydrogen (secondary N) is 2. The maximum atomic E-state index is 11.9. The first-order chi connectivity index (χ1) is 9.61. The lowest BCUT2D eigenvalue weighted by Crippen LogP contribution is -2.36. The molecule has 110 valence electrons. The van der Waals surface area contributed by atoms with Crippen LogP contribution in [0.2, 0.25) is 0 Å². The minimum absolute atomic E-state index is 0.0272. The van der Waals surface area contributed by atoms with Gasteiger partial charge in [-0.2, -0.15) is 0 Å². The number of rotatable bonds is 4. The van der Waals surface area contributed by atoms with Crippen LogP contribution in [-0.4, -0.2) is 25.6 Å². The van der Waals surface area contributed by atoms with Crippen molar-refractivity contribution in [2.24, 2.45) is 0 Å². The van der Waals surface area contributed by atoms with Gasteiger partial charge < -0.3 is 15.4 Å². The van der Waals surface area contributed by atoms with E-state index in [0.717, 1.165) is 46.9 Å². The normalized spacial score (nSPS) is 19.4. The smallest absolute Gasteiger partial charge is 0.261 e. The Morgan fingerprint density at radius 3 is 2.70 bits per heavy atom. The van der Waals surface area contributed by atoms with E-state index in [4.69, 9.17) is 4.74 Å². The molecule has 1 atom stereocenters. The second-order valence-electron chi connectivity index (χ2n) is 4.81. The van der Waals surface area contributed by atoms with Crippen LogP contribution in [-0.2, 0) is 11.3 Å². The van der Waals surface area contributed by atoms with Crippen LogP contribution in [0.25, 0.3) is 0 Å². The van der Waals surface area contributed by atoms with Crippen LogP contribution in [0.15, 0.2) is 21.1 Å². The molecule has 1 aromatic carbocycles. The Hall–Kier alpha value is -0.590. The highest BCUT2D eigenvalue weighted by molar-refractivity contribution is 9.11. The van der Waals surface area contributed by atoms with Gasteiger partial charge in [-0.1, -0.05) is 0 Å². The van der Waals surface area contributed by atoms with Crippen molar-refractivity contribution in [3.05, 3.63) is 26.6 Å². The summed E-state index contributed by atoms with van der Waals surface area (Å²) >= 11 is 7.04. The van der Waals surface area contributed by atoms with Crippen molar-refractivity contribution in [2.75, 3.05) is 13.6 Å². The molecule has 6 heteroatoms. The maximum absolute atomic E-state index is 11.9. The Labute approximate surface area is 135 Å². The molecule has 0 aromatic heterocycles. The van der Waals surface area contributed by atoms with E-state index in [9.17, 15) is 4.79 Å². The fraction of sp³-hybridized carbons (Fsp3) is 0.500. The fourth-order valence-electron chi connectivity index (χ4n) is 2.20. The fourth-order valence-corrected chi connectivity index (χ4v) is 3.67. The third kappa shape index (κ3) is 3.96. The predicted octanol–water partition coefficient (Wildman–Crippen LogP) is 2.98. The number of benzene rings is 1. The molecule has 4 nitrogen and oxygen atoms in total. The second kappa shape index (κ2) is 7.43. The molecular weight excluding hydrogens is 388 g/mol. The van der Waals surface area contributed by atoms with Crippen molar-refractivity contribution in [1.82, 2.24) is 10.6 Å². The number of ether oxygens (including phenoxy) is 1. The van der Waals surface area contributed by atoms with Gasteiger partial charge in [0, 0.05) is 13.1 Å². The first-order valence-electron chi connectivity index (χ1n) is 6.68. The van der Waals surface area contributed by atoms with Gasteiger partial charge >= 0.3 is 0 Å². The molecule has 1 aliphatic rings. The Bertz CT molecular complexity index is 471. The largest absolute Gasteiger partial charge is 0.478 e.